The Morgan fingerprint density at radius 1 is 1.19 bits per heavy atom. The summed E-state index contributed by atoms with van der Waals surface area (Å²) in [6.45, 7) is 1.86. The maximum absolute atomic E-state index is 12.4. The van der Waals surface area contributed by atoms with Crippen molar-refractivity contribution in [2.24, 2.45) is 5.73 Å². The molecule has 1 amide bonds. The van der Waals surface area contributed by atoms with Gasteiger partial charge < -0.3 is 16.0 Å². The van der Waals surface area contributed by atoms with Crippen molar-refractivity contribution >= 4 is 29.7 Å². The Morgan fingerprint density at radius 3 is 2.48 bits per heavy atom. The molecule has 0 spiro atoms. The fraction of sp³-hybridized carbons (Fsp3) is 0.316. The van der Waals surface area contributed by atoms with Gasteiger partial charge in [-0.25, -0.2) is 0 Å². The van der Waals surface area contributed by atoms with Crippen LogP contribution in [0, 0.1) is 10.1 Å². The van der Waals surface area contributed by atoms with Gasteiger partial charge in [-0.15, -0.1) is 12.4 Å². The summed E-state index contributed by atoms with van der Waals surface area (Å²) in [6, 6.07) is 13.8. The van der Waals surface area contributed by atoms with Crippen LogP contribution in [0.5, 0.6) is 0 Å². The molecule has 7 nitrogen and oxygen atoms in total. The van der Waals surface area contributed by atoms with Crippen LogP contribution in [0.2, 0.25) is 0 Å². The average Bonchev–Trinajstić information content (AvgIpc) is 3.20. The summed E-state index contributed by atoms with van der Waals surface area (Å²) in [7, 11) is 0. The van der Waals surface area contributed by atoms with E-state index in [9.17, 15) is 14.9 Å². The van der Waals surface area contributed by atoms with E-state index in [1.165, 1.54) is 6.07 Å². The molecule has 0 aliphatic carbocycles. The van der Waals surface area contributed by atoms with Gasteiger partial charge in [0, 0.05) is 37.3 Å². The SMILES string of the molecule is Cl.NC(CNC(=O)c1ccc(N2CCCC2)c([N+](=O)[O-])c1)c1ccccc1. The molecule has 1 fully saturated rings. The summed E-state index contributed by atoms with van der Waals surface area (Å²) in [6.07, 6.45) is 2.05. The number of amides is 1. The van der Waals surface area contributed by atoms with Crippen LogP contribution in [0.4, 0.5) is 11.4 Å². The number of anilines is 1. The average molecular weight is 391 g/mol. The van der Waals surface area contributed by atoms with Gasteiger partial charge >= 0.3 is 0 Å². The highest BCUT2D eigenvalue weighted by Crippen LogP contribution is 2.31. The Labute approximate surface area is 164 Å². The van der Waals surface area contributed by atoms with Crippen molar-refractivity contribution in [3.63, 3.8) is 0 Å². The van der Waals surface area contributed by atoms with E-state index in [1.54, 1.807) is 12.1 Å². The van der Waals surface area contributed by atoms with Gasteiger partial charge in [-0.1, -0.05) is 30.3 Å². The van der Waals surface area contributed by atoms with E-state index in [-0.39, 0.29) is 42.2 Å². The zero-order valence-electron chi connectivity index (χ0n) is 14.8. The fourth-order valence-electron chi connectivity index (χ4n) is 3.16. The Hall–Kier alpha value is -2.64. The molecule has 1 unspecified atom stereocenters. The number of nitrogens with two attached hydrogens (primary N) is 1. The first-order chi connectivity index (χ1) is 12.6. The highest BCUT2D eigenvalue weighted by Gasteiger charge is 2.24. The molecule has 1 atom stereocenters. The van der Waals surface area contributed by atoms with E-state index in [2.05, 4.69) is 5.32 Å². The molecule has 0 aromatic heterocycles. The lowest BCUT2D eigenvalue weighted by Crippen LogP contribution is -2.32. The van der Waals surface area contributed by atoms with E-state index in [0.717, 1.165) is 31.5 Å². The van der Waals surface area contributed by atoms with Gasteiger partial charge in [0.15, 0.2) is 0 Å². The molecule has 3 rings (SSSR count). The molecule has 0 radical (unpaired) electrons. The minimum atomic E-state index is -0.430. The molecular weight excluding hydrogens is 368 g/mol. The number of nitro groups is 1. The van der Waals surface area contributed by atoms with Crippen LogP contribution in [0.15, 0.2) is 48.5 Å². The number of nitrogens with one attached hydrogen (secondary N) is 1. The zero-order chi connectivity index (χ0) is 18.5. The van der Waals surface area contributed by atoms with Crippen LogP contribution >= 0.6 is 12.4 Å². The summed E-state index contributed by atoms with van der Waals surface area (Å²) in [5, 5.41) is 14.2. The third kappa shape index (κ3) is 4.96. The van der Waals surface area contributed by atoms with Crippen molar-refractivity contribution in [3.05, 3.63) is 69.8 Å². The van der Waals surface area contributed by atoms with Crippen LogP contribution in [0.1, 0.15) is 34.8 Å². The number of halogens is 1. The van der Waals surface area contributed by atoms with Crippen LogP contribution in [-0.2, 0) is 0 Å². The molecule has 0 saturated carbocycles. The van der Waals surface area contributed by atoms with Crippen molar-refractivity contribution in [2.75, 3.05) is 24.5 Å². The first kappa shape index (κ1) is 20.7. The number of carbonyl (C=O) groups is 1. The standard InChI is InChI=1S/C19H22N4O3.ClH/c20-16(14-6-2-1-3-7-14)13-21-19(24)15-8-9-17(18(12-15)23(25)26)22-10-4-5-11-22;/h1-3,6-9,12,16H,4-5,10-11,13,20H2,(H,21,24);1H. The predicted molar refractivity (Wildman–Crippen MR) is 107 cm³/mol. The highest BCUT2D eigenvalue weighted by atomic mass is 35.5. The van der Waals surface area contributed by atoms with E-state index >= 15 is 0 Å². The second kappa shape index (κ2) is 9.34. The van der Waals surface area contributed by atoms with Gasteiger partial charge in [-0.2, -0.15) is 0 Å². The normalized spacial score (nSPS) is 14.3. The first-order valence-corrected chi connectivity index (χ1v) is 8.68. The lowest BCUT2D eigenvalue weighted by Gasteiger charge is -2.18. The van der Waals surface area contributed by atoms with Gasteiger partial charge in [-0.05, 0) is 30.5 Å². The number of nitro benzene ring substituents is 1. The molecule has 3 N–H and O–H groups in total. The van der Waals surface area contributed by atoms with Gasteiger partial charge in [0.1, 0.15) is 5.69 Å². The quantitative estimate of drug-likeness (QED) is 0.583. The summed E-state index contributed by atoms with van der Waals surface area (Å²) < 4.78 is 0. The van der Waals surface area contributed by atoms with Crippen molar-refractivity contribution in [3.8, 4) is 0 Å². The molecule has 1 heterocycles. The summed E-state index contributed by atoms with van der Waals surface area (Å²) in [5.74, 6) is -0.368. The van der Waals surface area contributed by atoms with Crippen molar-refractivity contribution in [2.45, 2.75) is 18.9 Å². The van der Waals surface area contributed by atoms with Crippen molar-refractivity contribution in [1.29, 1.82) is 0 Å². The third-order valence-corrected chi connectivity index (χ3v) is 4.59. The lowest BCUT2D eigenvalue weighted by atomic mass is 10.1. The molecule has 144 valence electrons. The number of nitrogens with zero attached hydrogens (tertiary/aromatic N) is 2. The number of carbonyl (C=O) groups excluding carboxylic acids is 1. The fourth-order valence-corrected chi connectivity index (χ4v) is 3.16. The Kier molecular flexibility index (Phi) is 7.15. The Bertz CT molecular complexity index is 795. The molecule has 2 aromatic carbocycles. The second-order valence-corrected chi connectivity index (χ2v) is 6.38. The summed E-state index contributed by atoms with van der Waals surface area (Å²) in [4.78, 5) is 25.4. The van der Waals surface area contributed by atoms with Gasteiger partial charge in [-0.3, -0.25) is 14.9 Å². The molecule has 2 aromatic rings. The number of rotatable bonds is 6. The number of hydrogen-bond acceptors (Lipinski definition) is 5. The van der Waals surface area contributed by atoms with Gasteiger partial charge in [0.05, 0.1) is 4.92 Å². The van der Waals surface area contributed by atoms with Gasteiger partial charge in [0.2, 0.25) is 0 Å². The molecule has 1 aliphatic rings. The third-order valence-electron chi connectivity index (χ3n) is 4.59. The van der Waals surface area contributed by atoms with Crippen LogP contribution in [-0.4, -0.2) is 30.5 Å². The molecule has 8 heteroatoms. The Balaban J connectivity index is 0.00000261. The summed E-state index contributed by atoms with van der Waals surface area (Å²) >= 11 is 0. The monoisotopic (exact) mass is 390 g/mol. The number of benzene rings is 2. The van der Waals surface area contributed by atoms with Crippen LogP contribution < -0.4 is 16.0 Å². The molecule has 1 aliphatic heterocycles. The topological polar surface area (TPSA) is 102 Å². The van der Waals surface area contributed by atoms with E-state index in [1.807, 2.05) is 35.2 Å². The Morgan fingerprint density at radius 2 is 1.85 bits per heavy atom. The number of hydrogen-bond donors (Lipinski definition) is 2. The van der Waals surface area contributed by atoms with Crippen LogP contribution in [0.3, 0.4) is 0 Å². The van der Waals surface area contributed by atoms with Crippen molar-refractivity contribution in [1.82, 2.24) is 5.32 Å². The molecule has 27 heavy (non-hydrogen) atoms. The van der Waals surface area contributed by atoms with Crippen molar-refractivity contribution < 1.29 is 9.72 Å². The van der Waals surface area contributed by atoms with E-state index < -0.39 is 4.92 Å². The summed E-state index contributed by atoms with van der Waals surface area (Å²) in [5.41, 5.74) is 7.80. The maximum Gasteiger partial charge on any atom is 0.293 e. The second-order valence-electron chi connectivity index (χ2n) is 6.38. The van der Waals surface area contributed by atoms with E-state index in [4.69, 9.17) is 5.73 Å². The largest absolute Gasteiger partial charge is 0.366 e. The molecular formula is C19H23ClN4O3. The van der Waals surface area contributed by atoms with Crippen LogP contribution in [0.25, 0.3) is 0 Å². The molecule has 1 saturated heterocycles. The minimum Gasteiger partial charge on any atom is -0.366 e. The molecule has 0 bridgehead atoms. The van der Waals surface area contributed by atoms with Gasteiger partial charge in [0.25, 0.3) is 11.6 Å². The smallest absolute Gasteiger partial charge is 0.293 e. The lowest BCUT2D eigenvalue weighted by molar-refractivity contribution is -0.384. The highest BCUT2D eigenvalue weighted by molar-refractivity contribution is 5.95. The first-order valence-electron chi connectivity index (χ1n) is 8.68. The predicted octanol–water partition coefficient (Wildman–Crippen LogP) is 3.05. The van der Waals surface area contributed by atoms with E-state index in [0.29, 0.717) is 5.69 Å². The maximum atomic E-state index is 12.4. The zero-order valence-corrected chi connectivity index (χ0v) is 15.7. The minimum absolute atomic E-state index is 0.